The fraction of sp³-hybridized carbons (Fsp3) is 0.300. The summed E-state index contributed by atoms with van der Waals surface area (Å²) in [5.74, 6) is -0.895. The predicted octanol–water partition coefficient (Wildman–Crippen LogP) is 3.36. The van der Waals surface area contributed by atoms with Gasteiger partial charge in [-0.15, -0.1) is 0 Å². The lowest BCUT2D eigenvalue weighted by Gasteiger charge is -2.31. The van der Waals surface area contributed by atoms with Crippen molar-refractivity contribution in [1.82, 2.24) is 0 Å². The quantitative estimate of drug-likeness (QED) is 0.881. The van der Waals surface area contributed by atoms with Gasteiger partial charge in [-0.05, 0) is 54.2 Å². The number of anilines is 1. The third-order valence-corrected chi connectivity index (χ3v) is 5.37. The molecule has 0 aromatic heterocycles. The second-order valence-electron chi connectivity index (χ2n) is 6.74. The number of aromatic carboxylic acids is 1. The van der Waals surface area contributed by atoms with Crippen LogP contribution in [0.1, 0.15) is 34.3 Å². The van der Waals surface area contributed by atoms with Crippen LogP contribution in [0.15, 0.2) is 36.4 Å². The Bertz CT molecular complexity index is 881. The number of carbonyl (C=O) groups is 2. The summed E-state index contributed by atoms with van der Waals surface area (Å²) in [4.78, 5) is 24.0. The molecule has 0 bridgehead atoms. The highest BCUT2D eigenvalue weighted by Gasteiger charge is 2.47. The summed E-state index contributed by atoms with van der Waals surface area (Å²) in [6.07, 6.45) is 1.39. The van der Waals surface area contributed by atoms with Crippen LogP contribution >= 0.6 is 0 Å². The summed E-state index contributed by atoms with van der Waals surface area (Å²) in [5, 5.41) is 12.3. The number of carboxylic acids is 1. The Kier molecular flexibility index (Phi) is 3.62. The largest absolute Gasteiger partial charge is 0.478 e. The number of hydrogen-bond donors (Lipinski definition) is 2. The van der Waals surface area contributed by atoms with E-state index >= 15 is 0 Å². The van der Waals surface area contributed by atoms with E-state index in [9.17, 15) is 14.7 Å². The molecule has 1 saturated heterocycles. The van der Waals surface area contributed by atoms with Gasteiger partial charge in [0.2, 0.25) is 5.91 Å². The Balaban J connectivity index is 1.76. The number of hydrogen-bond acceptors (Lipinski definition) is 3. The minimum atomic E-state index is -0.935. The molecule has 2 aromatic rings. The maximum absolute atomic E-state index is 12.6. The van der Waals surface area contributed by atoms with Crippen molar-refractivity contribution in [1.29, 1.82) is 0 Å². The lowest BCUT2D eigenvalue weighted by atomic mass is 9.75. The third kappa shape index (κ3) is 2.43. The van der Waals surface area contributed by atoms with Crippen molar-refractivity contribution >= 4 is 17.6 Å². The number of amides is 1. The van der Waals surface area contributed by atoms with E-state index in [4.69, 9.17) is 4.74 Å². The first kappa shape index (κ1) is 15.8. The molecule has 0 saturated carbocycles. The number of fused-ring (bicyclic) bond motifs is 2. The highest BCUT2D eigenvalue weighted by Crippen LogP contribution is 2.45. The first-order chi connectivity index (χ1) is 12.0. The van der Waals surface area contributed by atoms with Gasteiger partial charge in [0.15, 0.2) is 0 Å². The fourth-order valence-corrected chi connectivity index (χ4v) is 3.86. The van der Waals surface area contributed by atoms with Gasteiger partial charge in [-0.2, -0.15) is 0 Å². The van der Waals surface area contributed by atoms with Gasteiger partial charge in [-0.3, -0.25) is 4.79 Å². The second kappa shape index (κ2) is 5.70. The topological polar surface area (TPSA) is 75.6 Å². The van der Waals surface area contributed by atoms with Crippen LogP contribution in [-0.4, -0.2) is 30.2 Å². The Hall–Kier alpha value is -2.66. The first-order valence-electron chi connectivity index (χ1n) is 8.39. The lowest BCUT2D eigenvalue weighted by Crippen LogP contribution is -2.39. The molecule has 5 nitrogen and oxygen atoms in total. The fourth-order valence-electron chi connectivity index (χ4n) is 3.86. The average Bonchev–Trinajstić information content (AvgIpc) is 2.87. The Morgan fingerprint density at radius 3 is 2.52 bits per heavy atom. The minimum absolute atomic E-state index is 0.0399. The molecule has 5 heteroatoms. The molecule has 1 fully saturated rings. The van der Waals surface area contributed by atoms with Crippen LogP contribution < -0.4 is 5.32 Å². The highest BCUT2D eigenvalue weighted by molar-refractivity contribution is 6.07. The highest BCUT2D eigenvalue weighted by atomic mass is 16.5. The summed E-state index contributed by atoms with van der Waals surface area (Å²) < 4.78 is 5.42. The SMILES string of the molecule is Cc1ccc(-c2ccc3c(c2)NC(=O)C32CCOCC2)cc1C(=O)O. The molecule has 1 spiro atoms. The maximum atomic E-state index is 12.6. The van der Waals surface area contributed by atoms with Gasteiger partial charge in [0.25, 0.3) is 0 Å². The smallest absolute Gasteiger partial charge is 0.335 e. The number of carboxylic acid groups (broad SMARTS) is 1. The molecule has 2 aromatic carbocycles. The molecule has 2 N–H and O–H groups in total. The van der Waals surface area contributed by atoms with Gasteiger partial charge in [0.1, 0.15) is 0 Å². The zero-order chi connectivity index (χ0) is 17.6. The van der Waals surface area contributed by atoms with Crippen LogP contribution in [0.3, 0.4) is 0 Å². The number of carbonyl (C=O) groups excluding carboxylic acids is 1. The molecule has 0 aliphatic carbocycles. The van der Waals surface area contributed by atoms with Crippen molar-refractivity contribution in [3.8, 4) is 11.1 Å². The van der Waals surface area contributed by atoms with E-state index in [0.717, 1.165) is 27.9 Å². The van der Waals surface area contributed by atoms with Crippen LogP contribution in [-0.2, 0) is 14.9 Å². The van der Waals surface area contributed by atoms with Crippen molar-refractivity contribution in [2.75, 3.05) is 18.5 Å². The molecule has 2 aliphatic rings. The first-order valence-corrected chi connectivity index (χ1v) is 8.39. The lowest BCUT2D eigenvalue weighted by molar-refractivity contribution is -0.124. The van der Waals surface area contributed by atoms with E-state index in [2.05, 4.69) is 5.32 Å². The molecule has 0 radical (unpaired) electrons. The monoisotopic (exact) mass is 337 g/mol. The summed E-state index contributed by atoms with van der Waals surface area (Å²) >= 11 is 0. The summed E-state index contributed by atoms with van der Waals surface area (Å²) in [6, 6.07) is 11.3. The van der Waals surface area contributed by atoms with Crippen LogP contribution in [0.4, 0.5) is 5.69 Å². The molecular weight excluding hydrogens is 318 g/mol. The normalized spacial score (nSPS) is 18.0. The van der Waals surface area contributed by atoms with Crippen LogP contribution in [0.5, 0.6) is 0 Å². The minimum Gasteiger partial charge on any atom is -0.478 e. The van der Waals surface area contributed by atoms with Gasteiger partial charge < -0.3 is 15.2 Å². The summed E-state index contributed by atoms with van der Waals surface area (Å²) in [7, 11) is 0. The van der Waals surface area contributed by atoms with Crippen LogP contribution in [0.25, 0.3) is 11.1 Å². The number of ether oxygens (including phenoxy) is 1. The number of nitrogens with one attached hydrogen (secondary N) is 1. The van der Waals surface area contributed by atoms with E-state index in [0.29, 0.717) is 31.6 Å². The van der Waals surface area contributed by atoms with Crippen LogP contribution in [0.2, 0.25) is 0 Å². The van der Waals surface area contributed by atoms with E-state index < -0.39 is 11.4 Å². The van der Waals surface area contributed by atoms with E-state index in [1.807, 2.05) is 30.3 Å². The molecule has 2 heterocycles. The van der Waals surface area contributed by atoms with Crippen molar-refractivity contribution < 1.29 is 19.4 Å². The van der Waals surface area contributed by atoms with Crippen molar-refractivity contribution in [3.05, 3.63) is 53.1 Å². The second-order valence-corrected chi connectivity index (χ2v) is 6.74. The maximum Gasteiger partial charge on any atom is 0.335 e. The zero-order valence-corrected chi connectivity index (χ0v) is 14.0. The van der Waals surface area contributed by atoms with E-state index in [1.165, 1.54) is 0 Å². The average molecular weight is 337 g/mol. The third-order valence-electron chi connectivity index (χ3n) is 5.37. The number of rotatable bonds is 2. The van der Waals surface area contributed by atoms with E-state index in [-0.39, 0.29) is 5.91 Å². The van der Waals surface area contributed by atoms with Crippen LogP contribution in [0, 0.1) is 6.92 Å². The molecule has 0 atom stereocenters. The Morgan fingerprint density at radius 2 is 1.80 bits per heavy atom. The zero-order valence-electron chi connectivity index (χ0n) is 14.0. The van der Waals surface area contributed by atoms with Gasteiger partial charge in [0, 0.05) is 18.9 Å². The molecular formula is C20H19NO4. The van der Waals surface area contributed by atoms with E-state index in [1.54, 1.807) is 13.0 Å². The van der Waals surface area contributed by atoms with Gasteiger partial charge in [-0.25, -0.2) is 4.79 Å². The van der Waals surface area contributed by atoms with Crippen molar-refractivity contribution in [3.63, 3.8) is 0 Å². The summed E-state index contributed by atoms with van der Waals surface area (Å²) in [5.41, 5.74) is 4.11. The molecule has 2 aliphatic heterocycles. The summed E-state index contributed by atoms with van der Waals surface area (Å²) in [6.45, 7) is 2.97. The molecule has 128 valence electrons. The molecule has 0 unspecified atom stereocenters. The number of benzene rings is 2. The number of aryl methyl sites for hydroxylation is 1. The Labute approximate surface area is 145 Å². The predicted molar refractivity (Wildman–Crippen MR) is 93.9 cm³/mol. The molecule has 1 amide bonds. The molecule has 25 heavy (non-hydrogen) atoms. The van der Waals surface area contributed by atoms with Gasteiger partial charge >= 0.3 is 5.97 Å². The van der Waals surface area contributed by atoms with Crippen molar-refractivity contribution in [2.45, 2.75) is 25.2 Å². The standard InChI is InChI=1S/C20H19NO4/c1-12-2-3-13(10-15(12)18(22)23)14-4-5-16-17(11-14)21-19(24)20(16)6-8-25-9-7-20/h2-5,10-11H,6-9H2,1H3,(H,21,24)(H,22,23). The molecule has 4 rings (SSSR count). The van der Waals surface area contributed by atoms with Crippen molar-refractivity contribution in [2.24, 2.45) is 0 Å². The van der Waals surface area contributed by atoms with Gasteiger partial charge in [0.05, 0.1) is 11.0 Å². The Morgan fingerprint density at radius 1 is 1.12 bits per heavy atom. The van der Waals surface area contributed by atoms with Gasteiger partial charge in [-0.1, -0.05) is 24.3 Å².